The molecule has 148 valence electrons. The number of hydrogen-bond donors (Lipinski definition) is 0. The van der Waals surface area contributed by atoms with Crippen LogP contribution in [0.1, 0.15) is 28.0 Å². The van der Waals surface area contributed by atoms with Gasteiger partial charge in [-0.1, -0.05) is 6.07 Å². The van der Waals surface area contributed by atoms with Crippen LogP contribution in [-0.2, 0) is 9.53 Å². The van der Waals surface area contributed by atoms with Crippen LogP contribution in [0.25, 0.3) is 5.52 Å². The lowest BCUT2D eigenvalue weighted by Crippen LogP contribution is -2.50. The molecule has 0 aliphatic carbocycles. The number of fused-ring (bicyclic) bond motifs is 1. The number of nitrogens with zero attached hydrogens (tertiary/aromatic N) is 5. The molecule has 0 bridgehead atoms. The molecular formula is C19H23N5O4. The first-order valence-electron chi connectivity index (χ1n) is 9.45. The number of pyridine rings is 1. The number of aromatic nitrogens is 2. The standard InChI is InChI=1S/C19H23N5O4/c1-14(25)21-6-8-22(9-7-21)19(27)17-20-16(15-4-2-3-5-24(15)17)18(26)23-10-12-28-13-11-23/h2-5H,6-13H2,1H3. The van der Waals surface area contributed by atoms with Gasteiger partial charge in [-0.2, -0.15) is 0 Å². The fraction of sp³-hybridized carbons (Fsp3) is 0.474. The minimum Gasteiger partial charge on any atom is -0.378 e. The van der Waals surface area contributed by atoms with Crippen LogP contribution >= 0.6 is 0 Å². The number of amides is 3. The van der Waals surface area contributed by atoms with Crippen LogP contribution < -0.4 is 0 Å². The minimum absolute atomic E-state index is 0.0109. The van der Waals surface area contributed by atoms with Crippen LogP contribution in [0.2, 0.25) is 0 Å². The van der Waals surface area contributed by atoms with Crippen LogP contribution in [0.5, 0.6) is 0 Å². The fourth-order valence-corrected chi connectivity index (χ4v) is 3.63. The van der Waals surface area contributed by atoms with E-state index < -0.39 is 0 Å². The summed E-state index contributed by atoms with van der Waals surface area (Å²) in [4.78, 5) is 47.1. The van der Waals surface area contributed by atoms with Gasteiger partial charge in [-0.15, -0.1) is 0 Å². The number of rotatable bonds is 2. The Labute approximate surface area is 162 Å². The van der Waals surface area contributed by atoms with Crippen molar-refractivity contribution in [2.24, 2.45) is 0 Å². The highest BCUT2D eigenvalue weighted by Gasteiger charge is 2.30. The van der Waals surface area contributed by atoms with Crippen LogP contribution in [0.4, 0.5) is 0 Å². The van der Waals surface area contributed by atoms with Gasteiger partial charge >= 0.3 is 0 Å². The highest BCUT2D eigenvalue weighted by Crippen LogP contribution is 2.18. The molecule has 0 atom stereocenters. The zero-order valence-electron chi connectivity index (χ0n) is 15.8. The minimum atomic E-state index is -0.231. The fourth-order valence-electron chi connectivity index (χ4n) is 3.63. The summed E-state index contributed by atoms with van der Waals surface area (Å²) in [5, 5.41) is 0. The van der Waals surface area contributed by atoms with Gasteiger partial charge in [-0.25, -0.2) is 4.98 Å². The van der Waals surface area contributed by atoms with Crippen LogP contribution in [0, 0.1) is 0 Å². The number of carbonyl (C=O) groups is 3. The van der Waals surface area contributed by atoms with E-state index in [0.717, 1.165) is 0 Å². The van der Waals surface area contributed by atoms with Crippen LogP contribution in [0.15, 0.2) is 24.4 Å². The lowest BCUT2D eigenvalue weighted by molar-refractivity contribution is -0.130. The lowest BCUT2D eigenvalue weighted by atomic mass is 10.3. The molecule has 0 N–H and O–H groups in total. The molecule has 9 nitrogen and oxygen atoms in total. The van der Waals surface area contributed by atoms with Crippen LogP contribution in [0.3, 0.4) is 0 Å². The second-order valence-corrected chi connectivity index (χ2v) is 6.94. The number of hydrogen-bond acceptors (Lipinski definition) is 5. The van der Waals surface area contributed by atoms with Gasteiger partial charge in [-0.05, 0) is 12.1 Å². The monoisotopic (exact) mass is 385 g/mol. The van der Waals surface area contributed by atoms with Crippen molar-refractivity contribution < 1.29 is 19.1 Å². The van der Waals surface area contributed by atoms with Crippen molar-refractivity contribution in [3.8, 4) is 0 Å². The third-order valence-electron chi connectivity index (χ3n) is 5.25. The Bertz CT molecular complexity index is 910. The molecule has 0 unspecified atom stereocenters. The average Bonchev–Trinajstić information content (AvgIpc) is 3.13. The van der Waals surface area contributed by atoms with E-state index in [9.17, 15) is 14.4 Å². The third-order valence-corrected chi connectivity index (χ3v) is 5.25. The second kappa shape index (κ2) is 7.59. The van der Waals surface area contributed by atoms with E-state index in [1.54, 1.807) is 31.4 Å². The Kier molecular flexibility index (Phi) is 4.99. The van der Waals surface area contributed by atoms with Gasteiger partial charge in [0.1, 0.15) is 0 Å². The summed E-state index contributed by atoms with van der Waals surface area (Å²) in [7, 11) is 0. The van der Waals surface area contributed by atoms with Gasteiger partial charge < -0.3 is 19.4 Å². The molecule has 2 aliphatic rings. The Hall–Kier alpha value is -2.94. The molecule has 4 rings (SSSR count). The zero-order valence-corrected chi connectivity index (χ0v) is 15.8. The summed E-state index contributed by atoms with van der Waals surface area (Å²) in [5.41, 5.74) is 0.901. The summed E-state index contributed by atoms with van der Waals surface area (Å²) >= 11 is 0. The van der Waals surface area contributed by atoms with Gasteiger partial charge in [0.15, 0.2) is 5.69 Å². The van der Waals surface area contributed by atoms with Gasteiger partial charge in [0, 0.05) is 52.4 Å². The predicted octanol–water partition coefficient (Wildman–Crippen LogP) is 0.111. The zero-order chi connectivity index (χ0) is 19.7. The Balaban J connectivity index is 1.62. The maximum Gasteiger partial charge on any atom is 0.290 e. The van der Waals surface area contributed by atoms with Gasteiger partial charge in [0.2, 0.25) is 11.7 Å². The SMILES string of the molecule is CC(=O)N1CCN(C(=O)c2nc(C(=O)N3CCOCC3)c3ccccn23)CC1. The Morgan fingerprint density at radius 2 is 1.54 bits per heavy atom. The molecular weight excluding hydrogens is 362 g/mol. The molecule has 2 aromatic rings. The first kappa shape index (κ1) is 18.4. The maximum absolute atomic E-state index is 13.1. The highest BCUT2D eigenvalue weighted by molar-refractivity contribution is 6.02. The van der Waals surface area contributed by atoms with Crippen molar-refractivity contribution in [3.63, 3.8) is 0 Å². The summed E-state index contributed by atoms with van der Waals surface area (Å²) in [6.45, 7) is 5.48. The molecule has 2 aromatic heterocycles. The van der Waals surface area contributed by atoms with E-state index in [2.05, 4.69) is 4.98 Å². The van der Waals surface area contributed by atoms with Crippen LogP contribution in [-0.4, -0.2) is 94.3 Å². The summed E-state index contributed by atoms with van der Waals surface area (Å²) in [6.07, 6.45) is 1.75. The topological polar surface area (TPSA) is 87.5 Å². The highest BCUT2D eigenvalue weighted by atomic mass is 16.5. The molecule has 0 spiro atoms. The molecule has 2 fully saturated rings. The number of carbonyl (C=O) groups excluding carboxylic acids is 3. The molecule has 2 saturated heterocycles. The Morgan fingerprint density at radius 1 is 0.893 bits per heavy atom. The number of morpholine rings is 1. The van der Waals surface area contributed by atoms with Crippen molar-refractivity contribution in [3.05, 3.63) is 35.9 Å². The largest absolute Gasteiger partial charge is 0.378 e. The molecule has 3 amide bonds. The van der Waals surface area contributed by atoms with Crippen molar-refractivity contribution in [2.45, 2.75) is 6.92 Å². The summed E-state index contributed by atoms with van der Waals surface area (Å²) in [6, 6.07) is 5.43. The molecule has 0 saturated carbocycles. The predicted molar refractivity (Wildman–Crippen MR) is 100 cm³/mol. The normalized spacial score (nSPS) is 17.8. The van der Waals surface area contributed by atoms with Crippen molar-refractivity contribution in [1.82, 2.24) is 24.1 Å². The molecule has 2 aliphatic heterocycles. The van der Waals surface area contributed by atoms with E-state index in [1.165, 1.54) is 6.92 Å². The van der Waals surface area contributed by atoms with Gasteiger partial charge in [-0.3, -0.25) is 18.8 Å². The van der Waals surface area contributed by atoms with Gasteiger partial charge in [0.05, 0.1) is 18.7 Å². The van der Waals surface area contributed by atoms with E-state index in [0.29, 0.717) is 58.0 Å². The van der Waals surface area contributed by atoms with E-state index in [1.807, 2.05) is 12.1 Å². The first-order chi connectivity index (χ1) is 13.6. The Morgan fingerprint density at radius 3 is 2.21 bits per heavy atom. The first-order valence-corrected chi connectivity index (χ1v) is 9.45. The molecule has 0 aromatic carbocycles. The summed E-state index contributed by atoms with van der Waals surface area (Å²) in [5.74, 6) is -0.182. The van der Waals surface area contributed by atoms with Crippen molar-refractivity contribution in [1.29, 1.82) is 0 Å². The van der Waals surface area contributed by atoms with Crippen molar-refractivity contribution >= 4 is 23.2 Å². The number of piperazine rings is 1. The molecule has 0 radical (unpaired) electrons. The number of imidazole rings is 1. The lowest BCUT2D eigenvalue weighted by Gasteiger charge is -2.33. The second-order valence-electron chi connectivity index (χ2n) is 6.94. The quantitative estimate of drug-likeness (QED) is 0.732. The molecule has 28 heavy (non-hydrogen) atoms. The third kappa shape index (κ3) is 3.33. The van der Waals surface area contributed by atoms with E-state index >= 15 is 0 Å². The van der Waals surface area contributed by atoms with E-state index in [4.69, 9.17) is 4.74 Å². The summed E-state index contributed by atoms with van der Waals surface area (Å²) < 4.78 is 6.99. The average molecular weight is 385 g/mol. The smallest absolute Gasteiger partial charge is 0.290 e. The van der Waals surface area contributed by atoms with E-state index in [-0.39, 0.29) is 29.2 Å². The molecule has 4 heterocycles. The molecule has 9 heteroatoms. The van der Waals surface area contributed by atoms with Crippen molar-refractivity contribution in [2.75, 3.05) is 52.5 Å². The maximum atomic E-state index is 13.1. The van der Waals surface area contributed by atoms with Gasteiger partial charge in [0.25, 0.3) is 11.8 Å². The number of ether oxygens (including phenoxy) is 1.